The number of allylic oxidation sites excluding steroid dienone is 4. The van der Waals surface area contributed by atoms with Gasteiger partial charge in [-0.3, -0.25) is 0 Å². The summed E-state index contributed by atoms with van der Waals surface area (Å²) < 4.78 is 0. The summed E-state index contributed by atoms with van der Waals surface area (Å²) in [4.78, 5) is 9.31. The van der Waals surface area contributed by atoms with Crippen molar-refractivity contribution in [2.45, 2.75) is 20.8 Å². The van der Waals surface area contributed by atoms with Crippen molar-refractivity contribution in [3.05, 3.63) is 48.4 Å². The first kappa shape index (κ1) is 20.1. The Hall–Kier alpha value is -1.88. The number of thiocarbonyl (C=S) groups is 1. The molecule has 0 aromatic carbocycles. The number of nitrogens with zero attached hydrogens (tertiary/aromatic N) is 3. The molecule has 0 spiro atoms. The summed E-state index contributed by atoms with van der Waals surface area (Å²) in [6.45, 7) is 12.5. The molecule has 2 N–H and O–H groups in total. The van der Waals surface area contributed by atoms with Gasteiger partial charge in [-0.1, -0.05) is 43.1 Å². The van der Waals surface area contributed by atoms with Gasteiger partial charge in [0.05, 0.1) is 23.2 Å². The van der Waals surface area contributed by atoms with Crippen LogP contribution in [0.15, 0.2) is 53.3 Å². The number of hydrogen-bond donors (Lipinski definition) is 1. The SMILES string of the molecule is C=C(/C=C\C=C/C)/C(N)=C/N=CN(CC)CCN(C)C(C)=S. The van der Waals surface area contributed by atoms with Crippen LogP contribution in [0.1, 0.15) is 20.8 Å². The van der Waals surface area contributed by atoms with Crippen molar-refractivity contribution in [1.29, 1.82) is 0 Å². The standard InChI is InChI=1S/C17H28N4S/c1-6-8-9-10-15(3)17(18)13-19-14-21(7-2)12-11-20(5)16(4)22/h6,8-10,13-14H,3,7,11-12,18H2,1-2,4-5H3/b8-6-,10-9-,17-13-,19-14?. The maximum atomic E-state index is 5.92. The molecule has 0 fully saturated rings. The molecule has 0 radical (unpaired) electrons. The van der Waals surface area contributed by atoms with Gasteiger partial charge in [0.2, 0.25) is 0 Å². The van der Waals surface area contributed by atoms with Crippen molar-refractivity contribution in [3.63, 3.8) is 0 Å². The van der Waals surface area contributed by atoms with Crippen molar-refractivity contribution in [2.24, 2.45) is 10.7 Å². The van der Waals surface area contributed by atoms with E-state index in [0.29, 0.717) is 5.70 Å². The molecule has 0 unspecified atom stereocenters. The van der Waals surface area contributed by atoms with Crippen molar-refractivity contribution in [2.75, 3.05) is 26.7 Å². The zero-order chi connectivity index (χ0) is 17.0. The largest absolute Gasteiger partial charge is 0.397 e. The van der Waals surface area contributed by atoms with E-state index in [0.717, 1.165) is 30.2 Å². The summed E-state index contributed by atoms with van der Waals surface area (Å²) in [6.07, 6.45) is 11.0. The fourth-order valence-electron chi connectivity index (χ4n) is 1.40. The fraction of sp³-hybridized carbons (Fsp3) is 0.412. The first-order valence-electron chi connectivity index (χ1n) is 7.35. The molecule has 0 aliphatic heterocycles. The highest BCUT2D eigenvalue weighted by molar-refractivity contribution is 7.80. The summed E-state index contributed by atoms with van der Waals surface area (Å²) in [5.74, 6) is 0. The van der Waals surface area contributed by atoms with Crippen LogP contribution in [0.2, 0.25) is 0 Å². The molecule has 0 atom stereocenters. The molecule has 0 aromatic heterocycles. The van der Waals surface area contributed by atoms with E-state index in [1.807, 2.05) is 50.1 Å². The van der Waals surface area contributed by atoms with Crippen LogP contribution in [0.25, 0.3) is 0 Å². The lowest BCUT2D eigenvalue weighted by Crippen LogP contribution is -2.34. The summed E-state index contributed by atoms with van der Waals surface area (Å²) in [5.41, 5.74) is 7.22. The van der Waals surface area contributed by atoms with E-state index in [2.05, 4.69) is 23.4 Å². The van der Waals surface area contributed by atoms with Gasteiger partial charge in [0, 0.05) is 26.7 Å². The molecule has 0 saturated heterocycles. The van der Waals surface area contributed by atoms with Gasteiger partial charge in [0.1, 0.15) is 0 Å². The third-order valence-electron chi connectivity index (χ3n) is 3.08. The fourth-order valence-corrected chi connectivity index (χ4v) is 1.49. The summed E-state index contributed by atoms with van der Waals surface area (Å²) in [5, 5.41) is 0. The molecule has 0 rings (SSSR count). The zero-order valence-corrected chi connectivity index (χ0v) is 14.9. The van der Waals surface area contributed by atoms with E-state index in [1.165, 1.54) is 0 Å². The maximum absolute atomic E-state index is 5.92. The van der Waals surface area contributed by atoms with Gasteiger partial charge in [-0.25, -0.2) is 4.99 Å². The van der Waals surface area contributed by atoms with Gasteiger partial charge in [0.25, 0.3) is 0 Å². The van der Waals surface area contributed by atoms with Crippen molar-refractivity contribution < 1.29 is 0 Å². The minimum atomic E-state index is 0.555. The molecular weight excluding hydrogens is 292 g/mol. The number of aliphatic imine (C=N–C) groups is 1. The van der Waals surface area contributed by atoms with Gasteiger partial charge in [-0.05, 0) is 26.3 Å². The summed E-state index contributed by atoms with van der Waals surface area (Å²) in [7, 11) is 1.99. The second-order valence-electron chi connectivity index (χ2n) is 4.83. The second-order valence-corrected chi connectivity index (χ2v) is 5.42. The van der Waals surface area contributed by atoms with Crippen LogP contribution in [0.4, 0.5) is 0 Å². The molecule has 5 heteroatoms. The number of nitrogens with two attached hydrogens (primary N) is 1. The van der Waals surface area contributed by atoms with Crippen LogP contribution in [-0.4, -0.2) is 47.8 Å². The maximum Gasteiger partial charge on any atom is 0.0906 e. The molecule has 0 saturated carbocycles. The smallest absolute Gasteiger partial charge is 0.0906 e. The molecular formula is C17H28N4S. The number of hydrogen-bond acceptors (Lipinski definition) is 3. The van der Waals surface area contributed by atoms with Crippen LogP contribution in [0, 0.1) is 0 Å². The van der Waals surface area contributed by atoms with Gasteiger partial charge in [0.15, 0.2) is 0 Å². The molecule has 0 aliphatic rings. The van der Waals surface area contributed by atoms with Crippen LogP contribution in [-0.2, 0) is 0 Å². The number of rotatable bonds is 9. The van der Waals surface area contributed by atoms with Crippen LogP contribution in [0.5, 0.6) is 0 Å². The predicted octanol–water partition coefficient (Wildman–Crippen LogP) is 3.10. The molecule has 4 nitrogen and oxygen atoms in total. The van der Waals surface area contributed by atoms with Crippen LogP contribution < -0.4 is 5.73 Å². The molecule has 0 aliphatic carbocycles. The normalized spacial score (nSPS) is 12.5. The Morgan fingerprint density at radius 3 is 2.55 bits per heavy atom. The average Bonchev–Trinajstić information content (AvgIpc) is 2.49. The minimum absolute atomic E-state index is 0.555. The average molecular weight is 321 g/mol. The Bertz CT molecular complexity index is 475. The minimum Gasteiger partial charge on any atom is -0.397 e. The van der Waals surface area contributed by atoms with E-state index >= 15 is 0 Å². The monoisotopic (exact) mass is 320 g/mol. The molecule has 0 amide bonds. The van der Waals surface area contributed by atoms with Gasteiger partial charge < -0.3 is 15.5 Å². The quantitative estimate of drug-likeness (QED) is 0.307. The van der Waals surface area contributed by atoms with Crippen molar-refractivity contribution >= 4 is 23.5 Å². The highest BCUT2D eigenvalue weighted by Gasteiger charge is 2.01. The van der Waals surface area contributed by atoms with E-state index in [9.17, 15) is 0 Å². The number of likely N-dealkylation sites (N-methyl/N-ethyl adjacent to an activating group) is 2. The van der Waals surface area contributed by atoms with E-state index < -0.39 is 0 Å². The van der Waals surface area contributed by atoms with Crippen molar-refractivity contribution in [1.82, 2.24) is 9.80 Å². The lowest BCUT2D eigenvalue weighted by molar-refractivity contribution is 0.389. The van der Waals surface area contributed by atoms with Crippen molar-refractivity contribution in [3.8, 4) is 0 Å². The first-order valence-corrected chi connectivity index (χ1v) is 7.76. The lowest BCUT2D eigenvalue weighted by atomic mass is 10.2. The predicted molar refractivity (Wildman–Crippen MR) is 102 cm³/mol. The Balaban J connectivity index is 4.49. The van der Waals surface area contributed by atoms with Gasteiger partial charge in [-0.15, -0.1) is 0 Å². The Kier molecular flexibility index (Phi) is 10.7. The first-order chi connectivity index (χ1) is 10.4. The van der Waals surface area contributed by atoms with Crippen LogP contribution >= 0.6 is 12.2 Å². The van der Waals surface area contributed by atoms with E-state index in [-0.39, 0.29) is 0 Å². The lowest BCUT2D eigenvalue weighted by Gasteiger charge is -2.22. The molecule has 122 valence electrons. The summed E-state index contributed by atoms with van der Waals surface area (Å²) >= 11 is 5.13. The topological polar surface area (TPSA) is 44.9 Å². The van der Waals surface area contributed by atoms with Gasteiger partial charge >= 0.3 is 0 Å². The Labute approximate surface area is 140 Å². The Morgan fingerprint density at radius 1 is 1.32 bits per heavy atom. The third-order valence-corrected chi connectivity index (χ3v) is 3.39. The van der Waals surface area contributed by atoms with E-state index in [4.69, 9.17) is 18.0 Å². The third kappa shape index (κ3) is 9.13. The molecule has 0 heterocycles. The molecule has 22 heavy (non-hydrogen) atoms. The summed E-state index contributed by atoms with van der Waals surface area (Å²) in [6, 6.07) is 0. The molecule has 0 bridgehead atoms. The molecule has 0 aromatic rings. The van der Waals surface area contributed by atoms with Crippen LogP contribution in [0.3, 0.4) is 0 Å². The second kappa shape index (κ2) is 11.7. The van der Waals surface area contributed by atoms with E-state index in [1.54, 1.807) is 12.5 Å². The van der Waals surface area contributed by atoms with Gasteiger partial charge in [-0.2, -0.15) is 0 Å². The Morgan fingerprint density at radius 2 is 2.00 bits per heavy atom. The zero-order valence-electron chi connectivity index (χ0n) is 14.1. The highest BCUT2D eigenvalue weighted by atomic mass is 32.1. The highest BCUT2D eigenvalue weighted by Crippen LogP contribution is 2.03.